The van der Waals surface area contributed by atoms with Crippen molar-refractivity contribution in [2.75, 3.05) is 21.2 Å². The Morgan fingerprint density at radius 2 is 2.04 bits per heavy atom. The maximum absolute atomic E-state index is 12.2. The third-order valence-corrected chi connectivity index (χ3v) is 5.20. The first-order valence-corrected chi connectivity index (χ1v) is 8.61. The van der Waals surface area contributed by atoms with Crippen LogP contribution in [0.1, 0.15) is 42.2 Å². The fourth-order valence-corrected chi connectivity index (χ4v) is 3.27. The summed E-state index contributed by atoms with van der Waals surface area (Å²) in [6.07, 6.45) is 0.442. The molecule has 0 aromatic heterocycles. The maximum Gasteiger partial charge on any atom is 0.337 e. The van der Waals surface area contributed by atoms with E-state index < -0.39 is 27.8 Å². The van der Waals surface area contributed by atoms with Crippen LogP contribution in [0.4, 0.5) is 0 Å². The average molecular weight is 342 g/mol. The zero-order valence-electron chi connectivity index (χ0n) is 13.9. The number of rotatable bonds is 4. The molecule has 0 fully saturated rings. The van der Waals surface area contributed by atoms with Gasteiger partial charge in [0.05, 0.1) is 18.7 Å². The van der Waals surface area contributed by atoms with Crippen molar-refractivity contribution >= 4 is 16.2 Å². The minimum absolute atomic E-state index is 0.351. The lowest BCUT2D eigenvalue weighted by Gasteiger charge is -2.38. The Morgan fingerprint density at radius 1 is 1.39 bits per heavy atom. The highest BCUT2D eigenvalue weighted by atomic mass is 32.2. The van der Waals surface area contributed by atoms with E-state index >= 15 is 0 Å². The molecule has 2 rings (SSSR count). The van der Waals surface area contributed by atoms with E-state index in [0.717, 1.165) is 4.31 Å². The van der Waals surface area contributed by atoms with Gasteiger partial charge in [-0.05, 0) is 32.0 Å². The molecule has 0 aliphatic carbocycles. The van der Waals surface area contributed by atoms with Crippen LogP contribution in [0.2, 0.25) is 0 Å². The topological polar surface area (TPSA) is 84.9 Å². The number of hydrogen-bond donors (Lipinski definition) is 1. The summed E-state index contributed by atoms with van der Waals surface area (Å²) in [5, 5.41) is 0. The molecule has 1 atom stereocenters. The van der Waals surface area contributed by atoms with E-state index in [1.807, 2.05) is 13.8 Å². The zero-order valence-corrected chi connectivity index (χ0v) is 14.7. The number of methoxy groups -OCH3 is 1. The summed E-state index contributed by atoms with van der Waals surface area (Å²) in [5.74, 6) is 0.0761. The van der Waals surface area contributed by atoms with E-state index in [2.05, 4.69) is 4.72 Å². The molecular formula is C15H22N2O5S. The van der Waals surface area contributed by atoms with Crippen LogP contribution in [0, 0.1) is 0 Å². The first-order chi connectivity index (χ1) is 10.6. The van der Waals surface area contributed by atoms with Gasteiger partial charge in [0.25, 0.3) is 10.2 Å². The molecule has 1 N–H and O–H groups in total. The smallest absolute Gasteiger partial charge is 0.337 e. The molecule has 0 spiro atoms. The van der Waals surface area contributed by atoms with Crippen LogP contribution in [0.15, 0.2) is 18.2 Å². The molecule has 8 heteroatoms. The molecule has 0 radical (unpaired) electrons. The highest BCUT2D eigenvalue weighted by Crippen LogP contribution is 2.40. The zero-order chi connectivity index (χ0) is 17.4. The lowest BCUT2D eigenvalue weighted by atomic mass is 9.89. The Kier molecular flexibility index (Phi) is 4.70. The van der Waals surface area contributed by atoms with Gasteiger partial charge < -0.3 is 9.47 Å². The summed E-state index contributed by atoms with van der Waals surface area (Å²) in [7, 11) is 0.595. The molecule has 7 nitrogen and oxygen atoms in total. The molecule has 1 aromatic carbocycles. The molecule has 1 aliphatic heterocycles. The summed E-state index contributed by atoms with van der Waals surface area (Å²) in [4.78, 5) is 11.7. The SMILES string of the molecule is COC(=O)c1ccc2c(c1)C(NS(=O)(=O)N(C)C)CC(C)(C)O2. The quantitative estimate of drug-likeness (QED) is 0.838. The van der Waals surface area contributed by atoms with Gasteiger partial charge in [0, 0.05) is 26.1 Å². The summed E-state index contributed by atoms with van der Waals surface area (Å²) >= 11 is 0. The van der Waals surface area contributed by atoms with E-state index in [4.69, 9.17) is 9.47 Å². The van der Waals surface area contributed by atoms with Crippen molar-refractivity contribution in [2.45, 2.75) is 31.9 Å². The van der Waals surface area contributed by atoms with Crippen LogP contribution in [0.5, 0.6) is 5.75 Å². The van der Waals surface area contributed by atoms with Gasteiger partial charge in [0.2, 0.25) is 0 Å². The van der Waals surface area contributed by atoms with Gasteiger partial charge >= 0.3 is 5.97 Å². The van der Waals surface area contributed by atoms with E-state index in [-0.39, 0.29) is 0 Å². The van der Waals surface area contributed by atoms with Crippen molar-refractivity contribution in [3.8, 4) is 5.75 Å². The maximum atomic E-state index is 12.2. The van der Waals surface area contributed by atoms with Crippen LogP contribution in [-0.2, 0) is 14.9 Å². The lowest BCUT2D eigenvalue weighted by Crippen LogP contribution is -2.44. The molecule has 23 heavy (non-hydrogen) atoms. The molecule has 0 saturated heterocycles. The number of carbonyl (C=O) groups is 1. The van der Waals surface area contributed by atoms with Crippen LogP contribution in [0.3, 0.4) is 0 Å². The first-order valence-electron chi connectivity index (χ1n) is 7.17. The number of carbonyl (C=O) groups excluding carboxylic acids is 1. The predicted octanol–water partition coefficient (Wildman–Crippen LogP) is 1.47. The van der Waals surface area contributed by atoms with Crippen molar-refractivity contribution < 1.29 is 22.7 Å². The summed E-state index contributed by atoms with van der Waals surface area (Å²) < 4.78 is 38.7. The van der Waals surface area contributed by atoms with Crippen LogP contribution in [-0.4, -0.2) is 45.5 Å². The largest absolute Gasteiger partial charge is 0.487 e. The minimum atomic E-state index is -3.62. The number of ether oxygens (including phenoxy) is 2. The summed E-state index contributed by atoms with van der Waals surface area (Å²) in [6, 6.07) is 4.38. The summed E-state index contributed by atoms with van der Waals surface area (Å²) in [5.41, 5.74) is 0.445. The monoisotopic (exact) mass is 342 g/mol. The Labute approximate surface area is 136 Å². The van der Waals surface area contributed by atoms with Gasteiger partial charge in [-0.25, -0.2) is 4.79 Å². The van der Waals surface area contributed by atoms with E-state index in [0.29, 0.717) is 23.3 Å². The number of esters is 1. The third-order valence-electron chi connectivity index (χ3n) is 3.66. The van der Waals surface area contributed by atoms with Crippen molar-refractivity contribution in [3.63, 3.8) is 0 Å². The van der Waals surface area contributed by atoms with Crippen molar-refractivity contribution in [1.29, 1.82) is 0 Å². The second kappa shape index (κ2) is 6.10. The third kappa shape index (κ3) is 3.82. The highest BCUT2D eigenvalue weighted by molar-refractivity contribution is 7.87. The first kappa shape index (κ1) is 17.7. The average Bonchev–Trinajstić information content (AvgIpc) is 2.44. The normalized spacial score (nSPS) is 19.8. The molecule has 128 valence electrons. The van der Waals surface area contributed by atoms with Gasteiger partial charge in [-0.1, -0.05) is 0 Å². The van der Waals surface area contributed by atoms with Gasteiger partial charge in [-0.3, -0.25) is 0 Å². The van der Waals surface area contributed by atoms with Crippen LogP contribution >= 0.6 is 0 Å². The minimum Gasteiger partial charge on any atom is -0.487 e. The Balaban J connectivity index is 2.46. The molecule has 1 unspecified atom stereocenters. The molecule has 0 bridgehead atoms. The van der Waals surface area contributed by atoms with Gasteiger partial charge in [0.15, 0.2) is 0 Å². The van der Waals surface area contributed by atoms with E-state index in [9.17, 15) is 13.2 Å². The molecular weight excluding hydrogens is 320 g/mol. The fraction of sp³-hybridized carbons (Fsp3) is 0.533. The number of benzene rings is 1. The Bertz CT molecular complexity index is 713. The van der Waals surface area contributed by atoms with Crippen molar-refractivity contribution in [1.82, 2.24) is 9.03 Å². The fourth-order valence-electron chi connectivity index (χ4n) is 2.49. The second-order valence-corrected chi connectivity index (χ2v) is 8.18. The Hall–Kier alpha value is -1.64. The standard InChI is InChI=1S/C15H22N2O5S/c1-15(2)9-12(16-23(19,20)17(3)4)11-8-10(14(18)21-5)6-7-13(11)22-15/h6-8,12,16H,9H2,1-5H3. The highest BCUT2D eigenvalue weighted by Gasteiger charge is 2.36. The van der Waals surface area contributed by atoms with Crippen LogP contribution < -0.4 is 9.46 Å². The van der Waals surface area contributed by atoms with Gasteiger partial charge in [-0.15, -0.1) is 0 Å². The molecule has 1 aliphatic rings. The Morgan fingerprint density at radius 3 is 2.61 bits per heavy atom. The van der Waals surface area contributed by atoms with Crippen molar-refractivity contribution in [2.24, 2.45) is 0 Å². The van der Waals surface area contributed by atoms with E-state index in [1.54, 1.807) is 18.2 Å². The number of hydrogen-bond acceptors (Lipinski definition) is 5. The molecule has 1 heterocycles. The number of fused-ring (bicyclic) bond motifs is 1. The van der Waals surface area contributed by atoms with Crippen LogP contribution in [0.25, 0.3) is 0 Å². The number of nitrogens with one attached hydrogen (secondary N) is 1. The predicted molar refractivity (Wildman–Crippen MR) is 85.6 cm³/mol. The second-order valence-electron chi connectivity index (χ2n) is 6.27. The summed E-state index contributed by atoms with van der Waals surface area (Å²) in [6.45, 7) is 3.78. The number of nitrogens with zero attached hydrogens (tertiary/aromatic N) is 1. The molecule has 0 saturated carbocycles. The lowest BCUT2D eigenvalue weighted by molar-refractivity contribution is 0.0597. The van der Waals surface area contributed by atoms with Crippen molar-refractivity contribution in [3.05, 3.63) is 29.3 Å². The van der Waals surface area contributed by atoms with Gasteiger partial charge in [0.1, 0.15) is 11.4 Å². The van der Waals surface area contributed by atoms with E-state index in [1.165, 1.54) is 21.2 Å². The molecule has 0 amide bonds. The van der Waals surface area contributed by atoms with Gasteiger partial charge in [-0.2, -0.15) is 17.4 Å². The molecule has 1 aromatic rings.